The Bertz CT molecular complexity index is 457. The lowest BCUT2D eigenvalue weighted by Crippen LogP contribution is -2.42. The van der Waals surface area contributed by atoms with Crippen molar-refractivity contribution in [2.75, 3.05) is 6.54 Å². The summed E-state index contributed by atoms with van der Waals surface area (Å²) < 4.78 is 0. The number of nitrogens with one attached hydrogen (secondary N) is 1. The standard InChI is InChI=1S/C14H20N2O3S/c1-10(6-13(17)18)7-15-14(19)16(12-2-3-12)8-11-4-5-20-9-11/h4-5,9-10,12H,2-3,6-8H2,1H3,(H,15,19)(H,17,18). The summed E-state index contributed by atoms with van der Waals surface area (Å²) in [5.41, 5.74) is 1.15. The number of rotatable bonds is 7. The molecule has 20 heavy (non-hydrogen) atoms. The van der Waals surface area contributed by atoms with Gasteiger partial charge in [0.2, 0.25) is 0 Å². The molecule has 0 radical (unpaired) electrons. The Labute approximate surface area is 122 Å². The Hall–Kier alpha value is -1.56. The number of nitrogens with zero attached hydrogens (tertiary/aromatic N) is 1. The van der Waals surface area contributed by atoms with Gasteiger partial charge in [-0.2, -0.15) is 11.3 Å². The fraction of sp³-hybridized carbons (Fsp3) is 0.571. The van der Waals surface area contributed by atoms with Crippen molar-refractivity contribution in [3.63, 3.8) is 0 Å². The molecule has 2 amide bonds. The first-order chi connectivity index (χ1) is 9.56. The first-order valence-electron chi connectivity index (χ1n) is 6.83. The Morgan fingerprint density at radius 3 is 2.85 bits per heavy atom. The SMILES string of the molecule is CC(CNC(=O)N(Cc1ccsc1)C1CC1)CC(=O)O. The van der Waals surface area contributed by atoms with Crippen LogP contribution in [0.1, 0.15) is 31.7 Å². The summed E-state index contributed by atoms with van der Waals surface area (Å²) in [5.74, 6) is -0.886. The van der Waals surface area contributed by atoms with E-state index in [1.165, 1.54) is 0 Å². The maximum Gasteiger partial charge on any atom is 0.317 e. The minimum Gasteiger partial charge on any atom is -0.481 e. The molecular formula is C14H20N2O3S. The molecule has 0 saturated heterocycles. The highest BCUT2D eigenvalue weighted by molar-refractivity contribution is 7.07. The molecular weight excluding hydrogens is 276 g/mol. The molecule has 1 aromatic heterocycles. The van der Waals surface area contributed by atoms with Crippen LogP contribution in [0.2, 0.25) is 0 Å². The fourth-order valence-corrected chi connectivity index (χ4v) is 2.73. The van der Waals surface area contributed by atoms with Crippen molar-refractivity contribution in [3.05, 3.63) is 22.4 Å². The second-order valence-corrected chi connectivity index (χ2v) is 6.16. The maximum absolute atomic E-state index is 12.2. The van der Waals surface area contributed by atoms with Crippen molar-refractivity contribution >= 4 is 23.3 Å². The van der Waals surface area contributed by atoms with Gasteiger partial charge in [0.25, 0.3) is 0 Å². The maximum atomic E-state index is 12.2. The number of carboxylic acid groups (broad SMARTS) is 1. The predicted molar refractivity (Wildman–Crippen MR) is 77.7 cm³/mol. The normalized spacial score (nSPS) is 15.7. The number of hydrogen-bond donors (Lipinski definition) is 2. The second kappa shape index (κ2) is 6.74. The van der Waals surface area contributed by atoms with Gasteiger partial charge in [-0.15, -0.1) is 0 Å². The van der Waals surface area contributed by atoms with Gasteiger partial charge in [0.15, 0.2) is 0 Å². The van der Waals surface area contributed by atoms with Gasteiger partial charge in [0, 0.05) is 25.6 Å². The first kappa shape index (κ1) is 14.8. The summed E-state index contributed by atoms with van der Waals surface area (Å²) in [5, 5.41) is 15.6. The van der Waals surface area contributed by atoms with Gasteiger partial charge < -0.3 is 15.3 Å². The van der Waals surface area contributed by atoms with Crippen LogP contribution in [-0.4, -0.2) is 34.6 Å². The van der Waals surface area contributed by atoms with Crippen molar-refractivity contribution in [3.8, 4) is 0 Å². The molecule has 110 valence electrons. The Morgan fingerprint density at radius 2 is 2.30 bits per heavy atom. The zero-order chi connectivity index (χ0) is 14.5. The van der Waals surface area contributed by atoms with E-state index in [0.717, 1.165) is 18.4 Å². The minimum absolute atomic E-state index is 0.0568. The summed E-state index contributed by atoms with van der Waals surface area (Å²) >= 11 is 1.63. The van der Waals surface area contributed by atoms with Crippen LogP contribution in [0.4, 0.5) is 4.79 Å². The van der Waals surface area contributed by atoms with Crippen molar-refractivity contribution in [1.29, 1.82) is 0 Å². The second-order valence-electron chi connectivity index (χ2n) is 5.38. The van der Waals surface area contributed by atoms with E-state index >= 15 is 0 Å². The topological polar surface area (TPSA) is 69.6 Å². The molecule has 1 aromatic rings. The van der Waals surface area contributed by atoms with E-state index in [1.54, 1.807) is 11.3 Å². The molecule has 1 atom stereocenters. The number of carboxylic acids is 1. The molecule has 0 bridgehead atoms. The molecule has 6 heteroatoms. The lowest BCUT2D eigenvalue weighted by atomic mass is 10.1. The van der Waals surface area contributed by atoms with Crippen molar-refractivity contribution in [2.24, 2.45) is 5.92 Å². The highest BCUT2D eigenvalue weighted by atomic mass is 32.1. The third-order valence-electron chi connectivity index (χ3n) is 3.31. The molecule has 1 aliphatic rings. The molecule has 2 rings (SSSR count). The first-order valence-corrected chi connectivity index (χ1v) is 7.78. The van der Waals surface area contributed by atoms with Crippen LogP contribution in [-0.2, 0) is 11.3 Å². The third kappa shape index (κ3) is 4.52. The van der Waals surface area contributed by atoms with E-state index in [-0.39, 0.29) is 18.4 Å². The van der Waals surface area contributed by atoms with E-state index in [4.69, 9.17) is 5.11 Å². The summed E-state index contributed by atoms with van der Waals surface area (Å²) in [6.45, 7) is 2.86. The van der Waals surface area contributed by atoms with Gasteiger partial charge in [-0.05, 0) is 41.1 Å². The quantitative estimate of drug-likeness (QED) is 0.812. The van der Waals surface area contributed by atoms with Crippen LogP contribution >= 0.6 is 11.3 Å². The van der Waals surface area contributed by atoms with Gasteiger partial charge in [0.05, 0.1) is 0 Å². The minimum atomic E-state index is -0.830. The Balaban J connectivity index is 1.83. The highest BCUT2D eigenvalue weighted by Gasteiger charge is 2.32. The van der Waals surface area contributed by atoms with Gasteiger partial charge in [0.1, 0.15) is 0 Å². The van der Waals surface area contributed by atoms with Gasteiger partial charge in [-0.25, -0.2) is 4.79 Å². The average Bonchev–Trinajstić information content (AvgIpc) is 3.09. The number of carbonyl (C=O) groups is 2. The van der Waals surface area contributed by atoms with Crippen molar-refractivity contribution in [1.82, 2.24) is 10.2 Å². The number of thiophene rings is 1. The van der Waals surface area contributed by atoms with E-state index in [9.17, 15) is 9.59 Å². The summed E-state index contributed by atoms with van der Waals surface area (Å²) in [6, 6.07) is 2.28. The third-order valence-corrected chi connectivity index (χ3v) is 4.04. The number of amides is 2. The van der Waals surface area contributed by atoms with E-state index in [0.29, 0.717) is 19.1 Å². The molecule has 0 aliphatic heterocycles. The van der Waals surface area contributed by atoms with Gasteiger partial charge >= 0.3 is 12.0 Å². The Morgan fingerprint density at radius 1 is 1.55 bits per heavy atom. The van der Waals surface area contributed by atoms with E-state index < -0.39 is 5.97 Å². The largest absolute Gasteiger partial charge is 0.481 e. The molecule has 0 aromatic carbocycles. The summed E-state index contributed by atoms with van der Waals surface area (Å²) in [7, 11) is 0. The number of urea groups is 1. The molecule has 1 heterocycles. The number of carbonyl (C=O) groups excluding carboxylic acids is 1. The van der Waals surface area contributed by atoms with Crippen LogP contribution in [0.25, 0.3) is 0 Å². The van der Waals surface area contributed by atoms with E-state index in [2.05, 4.69) is 10.7 Å². The van der Waals surface area contributed by atoms with Crippen LogP contribution in [0, 0.1) is 5.92 Å². The molecule has 1 fully saturated rings. The van der Waals surface area contributed by atoms with Crippen LogP contribution in [0.3, 0.4) is 0 Å². The fourth-order valence-electron chi connectivity index (χ4n) is 2.07. The van der Waals surface area contributed by atoms with Crippen LogP contribution in [0.5, 0.6) is 0 Å². The van der Waals surface area contributed by atoms with Gasteiger partial charge in [-0.3, -0.25) is 4.79 Å². The molecule has 0 spiro atoms. The summed E-state index contributed by atoms with van der Waals surface area (Å²) in [6.07, 6.45) is 2.19. The smallest absolute Gasteiger partial charge is 0.317 e. The number of aliphatic carboxylic acids is 1. The molecule has 5 nitrogen and oxygen atoms in total. The highest BCUT2D eigenvalue weighted by Crippen LogP contribution is 2.28. The predicted octanol–water partition coefficient (Wildman–Crippen LogP) is 2.53. The van der Waals surface area contributed by atoms with Crippen LogP contribution < -0.4 is 5.32 Å². The molecule has 1 saturated carbocycles. The molecule has 1 unspecified atom stereocenters. The van der Waals surface area contributed by atoms with Crippen LogP contribution in [0.15, 0.2) is 16.8 Å². The zero-order valence-electron chi connectivity index (χ0n) is 11.5. The lowest BCUT2D eigenvalue weighted by molar-refractivity contribution is -0.137. The van der Waals surface area contributed by atoms with E-state index in [1.807, 2.05) is 23.3 Å². The average molecular weight is 296 g/mol. The summed E-state index contributed by atoms with van der Waals surface area (Å²) in [4.78, 5) is 24.7. The van der Waals surface area contributed by atoms with Gasteiger partial charge in [-0.1, -0.05) is 6.92 Å². The zero-order valence-corrected chi connectivity index (χ0v) is 12.4. The van der Waals surface area contributed by atoms with Crippen molar-refractivity contribution < 1.29 is 14.7 Å². The monoisotopic (exact) mass is 296 g/mol. The molecule has 1 aliphatic carbocycles. The molecule has 2 N–H and O–H groups in total. The number of hydrogen-bond acceptors (Lipinski definition) is 3. The van der Waals surface area contributed by atoms with Crippen molar-refractivity contribution in [2.45, 2.75) is 38.8 Å². The lowest BCUT2D eigenvalue weighted by Gasteiger charge is -2.23. The Kier molecular flexibility index (Phi) is 5.00.